The van der Waals surface area contributed by atoms with Crippen LogP contribution in [0, 0.1) is 6.92 Å². The van der Waals surface area contributed by atoms with E-state index in [1.807, 2.05) is 91.0 Å². The fourth-order valence-electron chi connectivity index (χ4n) is 5.36. The molecular weight excluding hydrogens is 494 g/mol. The van der Waals surface area contributed by atoms with Gasteiger partial charge in [-0.3, -0.25) is 19.1 Å². The topological polar surface area (TPSA) is 113 Å². The average molecular weight is 526 g/mol. The van der Waals surface area contributed by atoms with Crippen molar-refractivity contribution < 1.29 is 14.6 Å². The molecular formula is C31H31N3O5. The van der Waals surface area contributed by atoms with E-state index in [9.17, 15) is 19.5 Å². The largest absolute Gasteiger partial charge is 0.390 e. The Labute approximate surface area is 225 Å². The lowest BCUT2D eigenvalue weighted by Crippen LogP contribution is -2.41. The lowest BCUT2D eigenvalue weighted by atomic mass is 9.67. The van der Waals surface area contributed by atoms with E-state index in [2.05, 4.69) is 10.3 Å². The van der Waals surface area contributed by atoms with Crippen molar-refractivity contribution in [3.8, 4) is 0 Å². The average Bonchev–Trinajstić information content (AvgIpc) is 3.34. The minimum atomic E-state index is -0.892. The van der Waals surface area contributed by atoms with Gasteiger partial charge in [-0.05, 0) is 23.6 Å². The summed E-state index contributed by atoms with van der Waals surface area (Å²) in [4.78, 5) is 39.9. The number of aliphatic hydroxyl groups excluding tert-OH is 1. The third-order valence-electron chi connectivity index (χ3n) is 7.39. The molecule has 3 aromatic carbocycles. The lowest BCUT2D eigenvalue weighted by molar-refractivity contribution is -0.123. The Hall–Kier alpha value is -4.27. The number of carbonyl (C=O) groups is 1. The number of aromatic amines is 1. The highest BCUT2D eigenvalue weighted by Crippen LogP contribution is 2.42. The number of hydrogen-bond acceptors (Lipinski definition) is 5. The molecule has 8 nitrogen and oxygen atoms in total. The van der Waals surface area contributed by atoms with Crippen LogP contribution in [0.15, 0.2) is 107 Å². The number of amides is 1. The van der Waals surface area contributed by atoms with Crippen LogP contribution >= 0.6 is 0 Å². The maximum atomic E-state index is 13.6. The van der Waals surface area contributed by atoms with Crippen LogP contribution < -0.4 is 16.6 Å². The Kier molecular flexibility index (Phi) is 7.58. The molecule has 3 atom stereocenters. The van der Waals surface area contributed by atoms with Gasteiger partial charge in [0.2, 0.25) is 5.91 Å². The SMILES string of the molecule is Cc1cn([C@H]2C[C@H](O)[C@@H](CNC(=O)CC(c3ccccc3)(c3ccccc3)c3ccccc3)O2)c(=O)[nH]c1=O. The number of aromatic nitrogens is 2. The standard InChI is InChI=1S/C31H31N3O5/c1-21-20-34(30(38)33-29(21)37)28-17-25(35)26(39-28)19-32-27(36)18-31(22-11-5-2-6-12-22,23-13-7-3-8-14-23)24-15-9-4-10-16-24/h2-16,20,25-26,28,35H,17-19H2,1H3,(H,32,36)(H,33,37,38)/t25-,26+,28+/m0/s1. The Morgan fingerprint density at radius 3 is 1.97 bits per heavy atom. The normalized spacial score (nSPS) is 19.1. The summed E-state index contributed by atoms with van der Waals surface area (Å²) in [6.45, 7) is 1.67. The van der Waals surface area contributed by atoms with Crippen LogP contribution in [0.3, 0.4) is 0 Å². The second-order valence-electron chi connectivity index (χ2n) is 9.90. The minimum absolute atomic E-state index is 0.0715. The lowest BCUT2D eigenvalue weighted by Gasteiger charge is -2.35. The van der Waals surface area contributed by atoms with Crippen molar-refractivity contribution in [3.05, 3.63) is 140 Å². The fourth-order valence-corrected chi connectivity index (χ4v) is 5.36. The number of carbonyl (C=O) groups excluding carboxylic acids is 1. The molecule has 1 saturated heterocycles. The quantitative estimate of drug-likeness (QED) is 0.306. The third-order valence-corrected chi connectivity index (χ3v) is 7.39. The van der Waals surface area contributed by atoms with Gasteiger partial charge in [-0.1, -0.05) is 91.0 Å². The molecule has 3 N–H and O–H groups in total. The zero-order valence-corrected chi connectivity index (χ0v) is 21.6. The highest BCUT2D eigenvalue weighted by molar-refractivity contribution is 5.80. The van der Waals surface area contributed by atoms with E-state index in [-0.39, 0.29) is 25.3 Å². The van der Waals surface area contributed by atoms with Crippen molar-refractivity contribution in [2.75, 3.05) is 6.54 Å². The molecule has 8 heteroatoms. The van der Waals surface area contributed by atoms with Crippen molar-refractivity contribution in [1.82, 2.24) is 14.9 Å². The van der Waals surface area contributed by atoms with E-state index in [0.29, 0.717) is 5.56 Å². The molecule has 200 valence electrons. The molecule has 1 aliphatic rings. The van der Waals surface area contributed by atoms with Crippen LogP contribution in [0.2, 0.25) is 0 Å². The first-order valence-corrected chi connectivity index (χ1v) is 13.0. The summed E-state index contributed by atoms with van der Waals surface area (Å²) in [6.07, 6.45) is -0.631. The predicted octanol–water partition coefficient (Wildman–Crippen LogP) is 3.03. The first kappa shape index (κ1) is 26.3. The molecule has 0 unspecified atom stereocenters. The Balaban J connectivity index is 1.39. The molecule has 0 bridgehead atoms. The van der Waals surface area contributed by atoms with Crippen LogP contribution in [0.5, 0.6) is 0 Å². The van der Waals surface area contributed by atoms with Gasteiger partial charge < -0.3 is 15.2 Å². The maximum absolute atomic E-state index is 13.6. The van der Waals surface area contributed by atoms with E-state index in [4.69, 9.17) is 4.74 Å². The van der Waals surface area contributed by atoms with E-state index in [1.54, 1.807) is 6.92 Å². The van der Waals surface area contributed by atoms with Gasteiger partial charge in [-0.25, -0.2) is 4.79 Å². The fraction of sp³-hybridized carbons (Fsp3) is 0.258. The third kappa shape index (κ3) is 5.34. The molecule has 0 saturated carbocycles. The van der Waals surface area contributed by atoms with Gasteiger partial charge in [0.15, 0.2) is 0 Å². The van der Waals surface area contributed by atoms with Crippen molar-refractivity contribution in [2.45, 2.75) is 43.6 Å². The molecule has 4 aromatic rings. The number of benzene rings is 3. The summed E-state index contributed by atoms with van der Waals surface area (Å²) in [6, 6.07) is 29.9. The first-order chi connectivity index (χ1) is 18.9. The van der Waals surface area contributed by atoms with E-state index in [1.165, 1.54) is 10.8 Å². The number of H-pyrrole nitrogens is 1. The Morgan fingerprint density at radius 2 is 1.46 bits per heavy atom. The summed E-state index contributed by atoms with van der Waals surface area (Å²) >= 11 is 0. The van der Waals surface area contributed by atoms with Gasteiger partial charge in [0.25, 0.3) is 5.56 Å². The van der Waals surface area contributed by atoms with E-state index < -0.39 is 35.1 Å². The summed E-state index contributed by atoms with van der Waals surface area (Å²) in [7, 11) is 0. The zero-order valence-electron chi connectivity index (χ0n) is 21.6. The van der Waals surface area contributed by atoms with Crippen molar-refractivity contribution in [3.63, 3.8) is 0 Å². The predicted molar refractivity (Wildman–Crippen MR) is 147 cm³/mol. The molecule has 0 aliphatic carbocycles. The number of nitrogens with one attached hydrogen (secondary N) is 2. The molecule has 1 amide bonds. The first-order valence-electron chi connectivity index (χ1n) is 13.0. The number of aliphatic hydroxyl groups is 1. The molecule has 1 aromatic heterocycles. The molecule has 1 fully saturated rings. The molecule has 5 rings (SSSR count). The van der Waals surface area contributed by atoms with Gasteiger partial charge in [-0.15, -0.1) is 0 Å². The van der Waals surface area contributed by atoms with Gasteiger partial charge in [0, 0.05) is 31.1 Å². The number of aryl methyl sites for hydroxylation is 1. The summed E-state index contributed by atoms with van der Waals surface area (Å²) < 4.78 is 7.22. The van der Waals surface area contributed by atoms with Crippen LogP contribution in [0.1, 0.15) is 41.3 Å². The van der Waals surface area contributed by atoms with Crippen LogP contribution in [-0.4, -0.2) is 39.3 Å². The van der Waals surface area contributed by atoms with Gasteiger partial charge >= 0.3 is 5.69 Å². The molecule has 0 spiro atoms. The molecule has 2 heterocycles. The highest BCUT2D eigenvalue weighted by atomic mass is 16.5. The maximum Gasteiger partial charge on any atom is 0.330 e. The van der Waals surface area contributed by atoms with Crippen molar-refractivity contribution >= 4 is 5.91 Å². The smallest absolute Gasteiger partial charge is 0.330 e. The number of nitrogens with zero attached hydrogens (tertiary/aromatic N) is 1. The monoisotopic (exact) mass is 525 g/mol. The Morgan fingerprint density at radius 1 is 0.949 bits per heavy atom. The highest BCUT2D eigenvalue weighted by Gasteiger charge is 2.40. The van der Waals surface area contributed by atoms with E-state index >= 15 is 0 Å². The minimum Gasteiger partial charge on any atom is -0.390 e. The summed E-state index contributed by atoms with van der Waals surface area (Å²) in [5.41, 5.74) is 1.52. The van der Waals surface area contributed by atoms with Crippen molar-refractivity contribution in [2.24, 2.45) is 0 Å². The molecule has 1 aliphatic heterocycles. The molecule has 39 heavy (non-hydrogen) atoms. The summed E-state index contributed by atoms with van der Waals surface area (Å²) in [5, 5.41) is 13.6. The van der Waals surface area contributed by atoms with Crippen LogP contribution in [0.4, 0.5) is 0 Å². The van der Waals surface area contributed by atoms with E-state index in [0.717, 1.165) is 16.7 Å². The second-order valence-corrected chi connectivity index (χ2v) is 9.90. The number of rotatable bonds is 8. The van der Waals surface area contributed by atoms with Crippen molar-refractivity contribution in [1.29, 1.82) is 0 Å². The number of ether oxygens (including phenoxy) is 1. The van der Waals surface area contributed by atoms with Crippen LogP contribution in [-0.2, 0) is 14.9 Å². The molecule has 0 radical (unpaired) electrons. The second kappa shape index (κ2) is 11.2. The van der Waals surface area contributed by atoms with Gasteiger partial charge in [0.1, 0.15) is 12.3 Å². The van der Waals surface area contributed by atoms with Crippen LogP contribution in [0.25, 0.3) is 0 Å². The Bertz CT molecular complexity index is 1440. The zero-order chi connectivity index (χ0) is 27.4. The van der Waals surface area contributed by atoms with Gasteiger partial charge in [0.05, 0.1) is 11.5 Å². The van der Waals surface area contributed by atoms with Gasteiger partial charge in [-0.2, -0.15) is 0 Å². The number of hydrogen-bond donors (Lipinski definition) is 3. The summed E-state index contributed by atoms with van der Waals surface area (Å²) in [5.74, 6) is -0.206.